The first-order valence-corrected chi connectivity index (χ1v) is 11.2. The first kappa shape index (κ1) is 19.9. The fraction of sp³-hybridized carbons (Fsp3) is 0.391. The minimum atomic E-state index is 0.0919. The molecule has 0 spiro atoms. The maximum Gasteiger partial charge on any atom is 0.225 e. The Balaban J connectivity index is 1.13. The molecule has 0 aliphatic carbocycles. The van der Waals surface area contributed by atoms with Gasteiger partial charge in [0.15, 0.2) is 5.13 Å². The van der Waals surface area contributed by atoms with Gasteiger partial charge in [-0.25, -0.2) is 4.98 Å². The molecular weight excluding hydrogens is 380 g/mol. The summed E-state index contributed by atoms with van der Waals surface area (Å²) in [7, 11) is 0. The van der Waals surface area contributed by atoms with Gasteiger partial charge in [0.1, 0.15) is 0 Å². The van der Waals surface area contributed by atoms with Crippen LogP contribution >= 0.6 is 11.3 Å². The smallest absolute Gasteiger partial charge is 0.225 e. The van der Waals surface area contributed by atoms with E-state index < -0.39 is 0 Å². The molecule has 0 radical (unpaired) electrons. The van der Waals surface area contributed by atoms with Crippen LogP contribution in [0.25, 0.3) is 5.13 Å². The number of piperidine rings is 1. The van der Waals surface area contributed by atoms with Crippen LogP contribution in [-0.4, -0.2) is 40.0 Å². The van der Waals surface area contributed by atoms with Crippen LogP contribution in [0.5, 0.6) is 0 Å². The van der Waals surface area contributed by atoms with Gasteiger partial charge < -0.3 is 9.88 Å². The van der Waals surface area contributed by atoms with E-state index in [1.165, 1.54) is 18.4 Å². The van der Waals surface area contributed by atoms with Crippen molar-refractivity contribution in [1.82, 2.24) is 19.8 Å². The predicted molar refractivity (Wildman–Crippen MR) is 117 cm³/mol. The Bertz CT molecular complexity index is 883. The second kappa shape index (κ2) is 9.85. The number of nitrogens with zero attached hydrogens (tertiary/aromatic N) is 3. The topological polar surface area (TPSA) is 50.2 Å². The van der Waals surface area contributed by atoms with Gasteiger partial charge in [-0.1, -0.05) is 30.3 Å². The van der Waals surface area contributed by atoms with Crippen LogP contribution in [-0.2, 0) is 17.8 Å². The zero-order chi connectivity index (χ0) is 19.9. The molecule has 5 nitrogen and oxygen atoms in total. The Morgan fingerprint density at radius 3 is 2.62 bits per heavy atom. The summed E-state index contributed by atoms with van der Waals surface area (Å²) in [6.45, 7) is 4.11. The van der Waals surface area contributed by atoms with E-state index in [2.05, 4.69) is 45.5 Å². The number of hydrogen-bond donors (Lipinski definition) is 1. The van der Waals surface area contributed by atoms with Crippen LogP contribution in [0.15, 0.2) is 61.1 Å². The summed E-state index contributed by atoms with van der Waals surface area (Å²) in [6.07, 6.45) is 9.66. The summed E-state index contributed by atoms with van der Waals surface area (Å²) in [5.41, 5.74) is 1.39. The number of benzene rings is 1. The number of rotatable bonds is 8. The van der Waals surface area contributed by atoms with Gasteiger partial charge in [-0.2, -0.15) is 0 Å². The number of thiazole rings is 1. The van der Waals surface area contributed by atoms with Crippen molar-refractivity contribution >= 4 is 17.2 Å². The van der Waals surface area contributed by atoms with Gasteiger partial charge in [-0.05, 0) is 56.0 Å². The van der Waals surface area contributed by atoms with Gasteiger partial charge >= 0.3 is 0 Å². The standard InChI is InChI=1S/C23H28N4OS/c28-22(16-21-17-25-23(29-21)27-12-4-5-13-27)24-11-8-19-9-14-26(15-10-19)18-20-6-2-1-3-7-20/h1-7,12-13,17,19H,8-11,14-16,18H2,(H,24,28). The predicted octanol–water partition coefficient (Wildman–Crippen LogP) is 3.89. The molecule has 1 aromatic carbocycles. The van der Waals surface area contributed by atoms with Crippen LogP contribution in [0.2, 0.25) is 0 Å². The molecule has 0 atom stereocenters. The molecule has 0 unspecified atom stereocenters. The molecular formula is C23H28N4OS. The molecule has 0 bridgehead atoms. The lowest BCUT2D eigenvalue weighted by Crippen LogP contribution is -2.35. The van der Waals surface area contributed by atoms with Crippen LogP contribution in [0.3, 0.4) is 0 Å². The number of carbonyl (C=O) groups excluding carboxylic acids is 1. The molecule has 152 valence electrons. The average Bonchev–Trinajstić information content (AvgIpc) is 3.42. The Morgan fingerprint density at radius 2 is 1.86 bits per heavy atom. The van der Waals surface area contributed by atoms with Crippen LogP contribution in [0.1, 0.15) is 29.7 Å². The molecule has 1 saturated heterocycles. The third-order valence-electron chi connectivity index (χ3n) is 5.53. The third-order valence-corrected chi connectivity index (χ3v) is 6.54. The monoisotopic (exact) mass is 408 g/mol. The largest absolute Gasteiger partial charge is 0.356 e. The summed E-state index contributed by atoms with van der Waals surface area (Å²) >= 11 is 1.57. The van der Waals surface area contributed by atoms with Crippen molar-refractivity contribution in [3.8, 4) is 5.13 Å². The molecule has 1 aliphatic rings. The molecule has 6 heteroatoms. The molecule has 4 rings (SSSR count). The number of nitrogens with one attached hydrogen (secondary N) is 1. The van der Waals surface area contributed by atoms with Crippen molar-refractivity contribution in [2.75, 3.05) is 19.6 Å². The molecule has 0 saturated carbocycles. The van der Waals surface area contributed by atoms with Crippen LogP contribution in [0, 0.1) is 5.92 Å². The van der Waals surface area contributed by atoms with Gasteiger partial charge in [0.05, 0.1) is 6.42 Å². The zero-order valence-corrected chi connectivity index (χ0v) is 17.5. The first-order chi connectivity index (χ1) is 14.3. The Hall–Kier alpha value is -2.44. The lowest BCUT2D eigenvalue weighted by Gasteiger charge is -2.32. The Labute approximate surface area is 176 Å². The fourth-order valence-corrected chi connectivity index (χ4v) is 4.75. The summed E-state index contributed by atoms with van der Waals surface area (Å²) in [5.74, 6) is 0.806. The second-order valence-electron chi connectivity index (χ2n) is 7.72. The summed E-state index contributed by atoms with van der Waals surface area (Å²) in [5, 5.41) is 4.00. The highest BCUT2D eigenvalue weighted by molar-refractivity contribution is 7.14. The van der Waals surface area contributed by atoms with E-state index >= 15 is 0 Å². The number of likely N-dealkylation sites (tertiary alicyclic amines) is 1. The van der Waals surface area contributed by atoms with Gasteiger partial charge in [0.25, 0.3) is 0 Å². The average molecular weight is 409 g/mol. The highest BCUT2D eigenvalue weighted by Gasteiger charge is 2.19. The quantitative estimate of drug-likeness (QED) is 0.615. The normalized spacial score (nSPS) is 15.4. The van der Waals surface area contributed by atoms with Gasteiger partial charge in [0, 0.05) is 36.6 Å². The van der Waals surface area contributed by atoms with Gasteiger partial charge in [-0.3, -0.25) is 9.69 Å². The highest BCUT2D eigenvalue weighted by Crippen LogP contribution is 2.22. The van der Waals surface area contributed by atoms with E-state index in [-0.39, 0.29) is 5.91 Å². The highest BCUT2D eigenvalue weighted by atomic mass is 32.1. The van der Waals surface area contributed by atoms with E-state index in [1.807, 2.05) is 35.3 Å². The van der Waals surface area contributed by atoms with Crippen molar-refractivity contribution < 1.29 is 4.79 Å². The van der Waals surface area contributed by atoms with E-state index in [1.54, 1.807) is 11.3 Å². The Kier molecular flexibility index (Phi) is 6.75. The lowest BCUT2D eigenvalue weighted by molar-refractivity contribution is -0.120. The molecule has 1 amide bonds. The van der Waals surface area contributed by atoms with E-state index in [9.17, 15) is 4.79 Å². The molecule has 3 aromatic rings. The van der Waals surface area contributed by atoms with Crippen molar-refractivity contribution in [3.05, 3.63) is 71.5 Å². The zero-order valence-electron chi connectivity index (χ0n) is 16.7. The van der Waals surface area contributed by atoms with E-state index in [0.717, 1.165) is 42.6 Å². The Morgan fingerprint density at radius 1 is 1.10 bits per heavy atom. The third kappa shape index (κ3) is 5.78. The van der Waals surface area contributed by atoms with E-state index in [4.69, 9.17) is 0 Å². The number of hydrogen-bond acceptors (Lipinski definition) is 4. The fourth-order valence-electron chi connectivity index (χ4n) is 3.87. The molecule has 29 heavy (non-hydrogen) atoms. The molecule has 1 fully saturated rings. The maximum absolute atomic E-state index is 12.3. The summed E-state index contributed by atoms with van der Waals surface area (Å²) in [6, 6.07) is 14.6. The maximum atomic E-state index is 12.3. The number of aromatic nitrogens is 2. The molecule has 1 N–H and O–H groups in total. The van der Waals surface area contributed by atoms with Crippen molar-refractivity contribution in [2.45, 2.75) is 32.2 Å². The number of amides is 1. The van der Waals surface area contributed by atoms with Gasteiger partial charge in [0.2, 0.25) is 5.91 Å². The minimum absolute atomic E-state index is 0.0919. The van der Waals surface area contributed by atoms with E-state index in [0.29, 0.717) is 12.3 Å². The lowest BCUT2D eigenvalue weighted by atomic mass is 9.93. The van der Waals surface area contributed by atoms with Crippen LogP contribution in [0.4, 0.5) is 0 Å². The SMILES string of the molecule is O=C(Cc1cnc(-n2cccc2)s1)NCCC1CCN(Cc2ccccc2)CC1. The molecule has 1 aliphatic heterocycles. The van der Waals surface area contributed by atoms with Crippen molar-refractivity contribution in [1.29, 1.82) is 0 Å². The van der Waals surface area contributed by atoms with Crippen LogP contribution < -0.4 is 5.32 Å². The summed E-state index contributed by atoms with van der Waals surface area (Å²) < 4.78 is 1.97. The molecule has 2 aromatic heterocycles. The summed E-state index contributed by atoms with van der Waals surface area (Å²) in [4.78, 5) is 20.2. The van der Waals surface area contributed by atoms with Crippen molar-refractivity contribution in [3.63, 3.8) is 0 Å². The first-order valence-electron chi connectivity index (χ1n) is 10.4. The second-order valence-corrected chi connectivity index (χ2v) is 8.81. The van der Waals surface area contributed by atoms with Crippen molar-refractivity contribution in [2.24, 2.45) is 5.92 Å². The number of carbonyl (C=O) groups is 1. The van der Waals surface area contributed by atoms with Gasteiger partial charge in [-0.15, -0.1) is 11.3 Å². The minimum Gasteiger partial charge on any atom is -0.356 e. The molecule has 3 heterocycles.